The number of nitriles is 1. The van der Waals surface area contributed by atoms with Crippen LogP contribution in [-0.2, 0) is 0 Å². The number of rotatable bonds is 2. The highest BCUT2D eigenvalue weighted by molar-refractivity contribution is 6.31. The number of nitrogen functional groups attached to an aromatic ring is 1. The number of aromatic nitrogens is 2. The lowest BCUT2D eigenvalue weighted by Crippen LogP contribution is -1.95. The van der Waals surface area contributed by atoms with Crippen molar-refractivity contribution >= 4 is 17.3 Å². The molecule has 1 aromatic carbocycles. The summed E-state index contributed by atoms with van der Waals surface area (Å²) in [5.41, 5.74) is 6.54. The first kappa shape index (κ1) is 11.2. The minimum atomic E-state index is 0.220. The van der Waals surface area contributed by atoms with Gasteiger partial charge in [-0.3, -0.25) is 0 Å². The standard InChI is InChI=1S/C11H7ClN4O/c12-8-5-15-6-16-11(8)17-10-2-1-7(4-13)3-9(10)14/h1-3,5-6H,14H2. The molecule has 0 saturated carbocycles. The molecule has 2 N–H and O–H groups in total. The van der Waals surface area contributed by atoms with E-state index in [4.69, 9.17) is 27.3 Å². The summed E-state index contributed by atoms with van der Waals surface area (Å²) in [5, 5.41) is 8.99. The van der Waals surface area contributed by atoms with E-state index in [0.717, 1.165) is 0 Å². The van der Waals surface area contributed by atoms with E-state index in [1.54, 1.807) is 12.1 Å². The van der Waals surface area contributed by atoms with Crippen LogP contribution in [0.2, 0.25) is 5.02 Å². The topological polar surface area (TPSA) is 84.8 Å². The van der Waals surface area contributed by atoms with Gasteiger partial charge in [0.15, 0.2) is 5.75 Å². The summed E-state index contributed by atoms with van der Waals surface area (Å²) in [6, 6.07) is 6.69. The number of nitrogens with two attached hydrogens (primary N) is 1. The third-order valence-corrected chi connectivity index (χ3v) is 2.24. The zero-order chi connectivity index (χ0) is 12.3. The summed E-state index contributed by atoms with van der Waals surface area (Å²) in [4.78, 5) is 7.61. The maximum atomic E-state index is 8.70. The van der Waals surface area contributed by atoms with Crippen LogP contribution in [0.3, 0.4) is 0 Å². The highest BCUT2D eigenvalue weighted by Gasteiger charge is 2.07. The number of nitrogens with zero attached hydrogens (tertiary/aromatic N) is 3. The minimum absolute atomic E-state index is 0.220. The molecule has 2 rings (SSSR count). The Hall–Kier alpha value is -2.32. The first-order chi connectivity index (χ1) is 8.20. The van der Waals surface area contributed by atoms with Gasteiger partial charge in [-0.15, -0.1) is 0 Å². The summed E-state index contributed by atoms with van der Waals surface area (Å²) >= 11 is 5.84. The van der Waals surface area contributed by atoms with Crippen LogP contribution in [0.25, 0.3) is 0 Å². The normalized spacial score (nSPS) is 9.65. The molecule has 17 heavy (non-hydrogen) atoms. The number of hydrogen-bond donors (Lipinski definition) is 1. The van der Waals surface area contributed by atoms with E-state index in [0.29, 0.717) is 17.0 Å². The molecule has 6 heteroatoms. The monoisotopic (exact) mass is 246 g/mol. The van der Waals surface area contributed by atoms with Crippen molar-refractivity contribution in [2.75, 3.05) is 5.73 Å². The third-order valence-electron chi connectivity index (χ3n) is 1.98. The van der Waals surface area contributed by atoms with Gasteiger partial charge in [0.1, 0.15) is 11.3 Å². The molecule has 0 aliphatic carbocycles. The Balaban J connectivity index is 2.32. The van der Waals surface area contributed by atoms with Crippen LogP contribution in [0, 0.1) is 11.3 Å². The third kappa shape index (κ3) is 2.44. The van der Waals surface area contributed by atoms with Crippen LogP contribution in [-0.4, -0.2) is 9.97 Å². The molecule has 0 saturated heterocycles. The molecule has 0 aliphatic rings. The van der Waals surface area contributed by atoms with E-state index in [9.17, 15) is 0 Å². The van der Waals surface area contributed by atoms with Crippen LogP contribution >= 0.6 is 11.6 Å². The Kier molecular flexibility index (Phi) is 3.08. The molecule has 0 amide bonds. The van der Waals surface area contributed by atoms with E-state index in [2.05, 4.69) is 9.97 Å². The molecule has 0 bridgehead atoms. The lowest BCUT2D eigenvalue weighted by molar-refractivity contribution is 0.464. The van der Waals surface area contributed by atoms with Crippen LogP contribution in [0.4, 0.5) is 5.69 Å². The number of hydrogen-bond acceptors (Lipinski definition) is 5. The van der Waals surface area contributed by atoms with Crippen molar-refractivity contribution < 1.29 is 4.74 Å². The van der Waals surface area contributed by atoms with Crippen molar-refractivity contribution in [1.29, 1.82) is 5.26 Å². The summed E-state index contributed by atoms with van der Waals surface area (Å²) in [6.45, 7) is 0. The van der Waals surface area contributed by atoms with Crippen molar-refractivity contribution in [3.63, 3.8) is 0 Å². The predicted octanol–water partition coefficient (Wildman–Crippen LogP) is 2.38. The summed E-state index contributed by atoms with van der Waals surface area (Å²) in [5.74, 6) is 0.614. The van der Waals surface area contributed by atoms with Crippen molar-refractivity contribution in [2.45, 2.75) is 0 Å². The lowest BCUT2D eigenvalue weighted by atomic mass is 10.2. The fourth-order valence-corrected chi connectivity index (χ4v) is 1.34. The fourth-order valence-electron chi connectivity index (χ4n) is 1.19. The number of benzene rings is 1. The summed E-state index contributed by atoms with van der Waals surface area (Å²) in [6.07, 6.45) is 2.74. The Morgan fingerprint density at radius 1 is 1.41 bits per heavy atom. The van der Waals surface area contributed by atoms with Gasteiger partial charge in [-0.2, -0.15) is 5.26 Å². The van der Waals surface area contributed by atoms with E-state index in [-0.39, 0.29) is 10.9 Å². The molecular weight excluding hydrogens is 240 g/mol. The number of halogens is 1. The Morgan fingerprint density at radius 3 is 2.88 bits per heavy atom. The van der Waals surface area contributed by atoms with Gasteiger partial charge in [0.05, 0.1) is 23.5 Å². The van der Waals surface area contributed by atoms with E-state index in [1.165, 1.54) is 18.6 Å². The minimum Gasteiger partial charge on any atom is -0.435 e. The first-order valence-electron chi connectivity index (χ1n) is 4.63. The highest BCUT2D eigenvalue weighted by atomic mass is 35.5. The van der Waals surface area contributed by atoms with Crippen LogP contribution in [0.5, 0.6) is 11.6 Å². The number of ether oxygens (including phenoxy) is 1. The van der Waals surface area contributed by atoms with Gasteiger partial charge >= 0.3 is 0 Å². The summed E-state index contributed by atoms with van der Waals surface area (Å²) in [7, 11) is 0. The molecule has 1 aromatic heterocycles. The van der Waals surface area contributed by atoms with Crippen LogP contribution in [0.15, 0.2) is 30.7 Å². The molecule has 1 heterocycles. The maximum absolute atomic E-state index is 8.70. The molecule has 0 fully saturated rings. The van der Waals surface area contributed by atoms with Gasteiger partial charge in [0.2, 0.25) is 5.88 Å². The molecule has 0 atom stereocenters. The molecule has 84 valence electrons. The Bertz CT molecular complexity index is 594. The quantitative estimate of drug-likeness (QED) is 0.823. The number of anilines is 1. The maximum Gasteiger partial charge on any atom is 0.241 e. The zero-order valence-electron chi connectivity index (χ0n) is 8.59. The molecule has 0 aliphatic heterocycles. The van der Waals surface area contributed by atoms with Crippen molar-refractivity contribution in [3.05, 3.63) is 41.3 Å². The molecule has 0 unspecified atom stereocenters. The van der Waals surface area contributed by atoms with Gasteiger partial charge < -0.3 is 10.5 Å². The lowest BCUT2D eigenvalue weighted by Gasteiger charge is -2.08. The van der Waals surface area contributed by atoms with Crippen LogP contribution < -0.4 is 10.5 Å². The fraction of sp³-hybridized carbons (Fsp3) is 0. The predicted molar refractivity (Wildman–Crippen MR) is 62.7 cm³/mol. The van der Waals surface area contributed by atoms with Crippen LogP contribution in [0.1, 0.15) is 5.56 Å². The zero-order valence-corrected chi connectivity index (χ0v) is 9.35. The Labute approximate surface area is 102 Å². The molecule has 0 radical (unpaired) electrons. The average Bonchev–Trinajstić information content (AvgIpc) is 2.34. The largest absolute Gasteiger partial charge is 0.435 e. The molecule has 2 aromatic rings. The highest BCUT2D eigenvalue weighted by Crippen LogP contribution is 2.30. The molecular formula is C11H7ClN4O. The Morgan fingerprint density at radius 2 is 2.24 bits per heavy atom. The van der Waals surface area contributed by atoms with Crippen molar-refractivity contribution in [2.24, 2.45) is 0 Å². The van der Waals surface area contributed by atoms with E-state index < -0.39 is 0 Å². The second kappa shape index (κ2) is 4.68. The van der Waals surface area contributed by atoms with Gasteiger partial charge in [0.25, 0.3) is 0 Å². The van der Waals surface area contributed by atoms with Gasteiger partial charge in [-0.1, -0.05) is 11.6 Å². The van der Waals surface area contributed by atoms with E-state index >= 15 is 0 Å². The second-order valence-corrected chi connectivity index (χ2v) is 3.55. The van der Waals surface area contributed by atoms with Crippen molar-refractivity contribution in [1.82, 2.24) is 9.97 Å². The smallest absolute Gasteiger partial charge is 0.241 e. The van der Waals surface area contributed by atoms with Gasteiger partial charge in [-0.05, 0) is 18.2 Å². The molecule has 0 spiro atoms. The average molecular weight is 247 g/mol. The van der Waals surface area contributed by atoms with Crippen molar-refractivity contribution in [3.8, 4) is 17.7 Å². The van der Waals surface area contributed by atoms with Gasteiger partial charge in [-0.25, -0.2) is 9.97 Å². The SMILES string of the molecule is N#Cc1ccc(Oc2ncncc2Cl)c(N)c1. The summed E-state index contributed by atoms with van der Waals surface area (Å²) < 4.78 is 5.42. The van der Waals surface area contributed by atoms with Gasteiger partial charge in [0, 0.05) is 0 Å². The van der Waals surface area contributed by atoms with E-state index in [1.807, 2.05) is 6.07 Å². The first-order valence-corrected chi connectivity index (χ1v) is 5.01. The second-order valence-electron chi connectivity index (χ2n) is 3.14. The molecule has 5 nitrogen and oxygen atoms in total.